The quantitative estimate of drug-likeness (QED) is 0.831. The molecular formula is C16H23N3OS. The van der Waals surface area contributed by atoms with Gasteiger partial charge < -0.3 is 16.0 Å². The first kappa shape index (κ1) is 16.0. The summed E-state index contributed by atoms with van der Waals surface area (Å²) in [6.45, 7) is 5.30. The van der Waals surface area contributed by atoms with Crippen molar-refractivity contribution in [2.75, 3.05) is 33.2 Å². The summed E-state index contributed by atoms with van der Waals surface area (Å²) >= 11 is 1.44. The van der Waals surface area contributed by atoms with Gasteiger partial charge in [0.1, 0.15) is 0 Å². The van der Waals surface area contributed by atoms with Crippen LogP contribution < -0.4 is 11.1 Å². The van der Waals surface area contributed by atoms with Crippen molar-refractivity contribution < 1.29 is 4.79 Å². The van der Waals surface area contributed by atoms with E-state index >= 15 is 0 Å². The van der Waals surface area contributed by atoms with Crippen molar-refractivity contribution in [1.29, 1.82) is 0 Å². The fourth-order valence-corrected chi connectivity index (χ4v) is 3.58. The molecule has 0 saturated carbocycles. The predicted molar refractivity (Wildman–Crippen MR) is 87.5 cm³/mol. The second-order valence-corrected chi connectivity index (χ2v) is 6.66. The molecule has 1 atom stereocenters. The molecule has 2 rings (SSSR count). The van der Waals surface area contributed by atoms with Crippen LogP contribution in [0.2, 0.25) is 0 Å². The Balaban J connectivity index is 1.91. The Morgan fingerprint density at radius 2 is 2.43 bits per heavy atom. The molecule has 0 bridgehead atoms. The summed E-state index contributed by atoms with van der Waals surface area (Å²) in [5.41, 5.74) is 6.43. The molecule has 21 heavy (non-hydrogen) atoms. The summed E-state index contributed by atoms with van der Waals surface area (Å²) < 4.78 is 0. The zero-order chi connectivity index (χ0) is 15.2. The van der Waals surface area contributed by atoms with Crippen LogP contribution in [0.5, 0.6) is 0 Å². The number of nitrogens with two attached hydrogens (primary N) is 1. The molecule has 5 heteroatoms. The van der Waals surface area contributed by atoms with E-state index in [1.54, 1.807) is 0 Å². The number of aryl methyl sites for hydroxylation is 1. The van der Waals surface area contributed by atoms with Crippen LogP contribution in [0.4, 0.5) is 0 Å². The van der Waals surface area contributed by atoms with Gasteiger partial charge in [-0.25, -0.2) is 0 Å². The van der Waals surface area contributed by atoms with Crippen LogP contribution >= 0.6 is 11.3 Å². The molecule has 2 heterocycles. The Labute approximate surface area is 130 Å². The first-order valence-corrected chi connectivity index (χ1v) is 8.18. The molecule has 0 radical (unpaired) electrons. The standard InChI is InChI=1S/C16H23N3OS/c1-12-9-15(21-14(12)6-3-7-17)16(20)18-10-13-5-4-8-19(2)11-13/h9,13H,4-5,7-8,10-11,17H2,1-2H3,(H,18,20). The lowest BCUT2D eigenvalue weighted by Gasteiger charge is -2.29. The maximum Gasteiger partial charge on any atom is 0.261 e. The molecule has 114 valence electrons. The number of nitrogens with one attached hydrogen (secondary N) is 1. The Hall–Kier alpha value is -1.35. The van der Waals surface area contributed by atoms with Gasteiger partial charge in [0.2, 0.25) is 0 Å². The predicted octanol–water partition coefficient (Wildman–Crippen LogP) is 1.44. The van der Waals surface area contributed by atoms with Crippen LogP contribution in [0.1, 0.15) is 33.0 Å². The summed E-state index contributed by atoms with van der Waals surface area (Å²) in [4.78, 5) is 16.2. The molecule has 1 saturated heterocycles. The van der Waals surface area contributed by atoms with Gasteiger partial charge in [-0.1, -0.05) is 11.8 Å². The summed E-state index contributed by atoms with van der Waals surface area (Å²) in [5.74, 6) is 6.42. The lowest BCUT2D eigenvalue weighted by Crippen LogP contribution is -2.38. The van der Waals surface area contributed by atoms with Gasteiger partial charge in [0, 0.05) is 13.1 Å². The van der Waals surface area contributed by atoms with Crippen LogP contribution in [0.3, 0.4) is 0 Å². The Kier molecular flexibility index (Phi) is 5.80. The van der Waals surface area contributed by atoms with Gasteiger partial charge in [0.15, 0.2) is 0 Å². The highest BCUT2D eigenvalue weighted by Crippen LogP contribution is 2.21. The minimum absolute atomic E-state index is 0.0112. The van der Waals surface area contributed by atoms with Crippen LogP contribution in [0.15, 0.2) is 6.07 Å². The van der Waals surface area contributed by atoms with E-state index in [9.17, 15) is 4.79 Å². The largest absolute Gasteiger partial charge is 0.351 e. The number of hydrogen-bond acceptors (Lipinski definition) is 4. The fraction of sp³-hybridized carbons (Fsp3) is 0.562. The summed E-state index contributed by atoms with van der Waals surface area (Å²) in [5, 5.41) is 3.06. The molecule has 1 aliphatic heterocycles. The van der Waals surface area contributed by atoms with Crippen LogP contribution in [0, 0.1) is 24.7 Å². The molecule has 4 nitrogen and oxygen atoms in total. The minimum Gasteiger partial charge on any atom is -0.351 e. The topological polar surface area (TPSA) is 58.4 Å². The molecule has 0 aromatic carbocycles. The van der Waals surface area contributed by atoms with E-state index in [4.69, 9.17) is 5.73 Å². The lowest BCUT2D eigenvalue weighted by atomic mass is 9.98. The monoisotopic (exact) mass is 305 g/mol. The van der Waals surface area contributed by atoms with Crippen molar-refractivity contribution in [1.82, 2.24) is 10.2 Å². The smallest absolute Gasteiger partial charge is 0.261 e. The second kappa shape index (κ2) is 7.60. The highest BCUT2D eigenvalue weighted by molar-refractivity contribution is 7.14. The normalized spacial score (nSPS) is 18.9. The first-order valence-electron chi connectivity index (χ1n) is 7.36. The average molecular weight is 305 g/mol. The molecule has 1 aromatic heterocycles. The van der Waals surface area contributed by atoms with Crippen LogP contribution in [0.25, 0.3) is 0 Å². The van der Waals surface area contributed by atoms with E-state index in [-0.39, 0.29) is 5.91 Å². The SMILES string of the molecule is Cc1cc(C(=O)NCC2CCCN(C)C2)sc1C#CCN. The van der Waals surface area contributed by atoms with Gasteiger partial charge >= 0.3 is 0 Å². The number of carbonyl (C=O) groups excluding carboxylic acids is 1. The molecule has 1 unspecified atom stereocenters. The van der Waals surface area contributed by atoms with Gasteiger partial charge in [0.05, 0.1) is 16.3 Å². The molecular weight excluding hydrogens is 282 g/mol. The molecule has 1 amide bonds. The molecule has 1 fully saturated rings. The van der Waals surface area contributed by atoms with Crippen LogP contribution in [-0.2, 0) is 0 Å². The maximum atomic E-state index is 12.2. The van der Waals surface area contributed by atoms with Crippen molar-refractivity contribution in [3.8, 4) is 11.8 Å². The highest BCUT2D eigenvalue weighted by atomic mass is 32.1. The number of rotatable bonds is 3. The van der Waals surface area contributed by atoms with Crippen molar-refractivity contribution in [3.05, 3.63) is 21.4 Å². The minimum atomic E-state index is 0.0112. The number of carbonyl (C=O) groups is 1. The Bertz CT molecular complexity index is 556. The zero-order valence-corrected chi connectivity index (χ0v) is 13.6. The average Bonchev–Trinajstić information content (AvgIpc) is 2.84. The third-order valence-electron chi connectivity index (χ3n) is 3.72. The fourth-order valence-electron chi connectivity index (χ4n) is 2.61. The van der Waals surface area contributed by atoms with E-state index < -0.39 is 0 Å². The van der Waals surface area contributed by atoms with Gasteiger partial charge in [-0.3, -0.25) is 4.79 Å². The van der Waals surface area contributed by atoms with Crippen molar-refractivity contribution in [2.45, 2.75) is 19.8 Å². The zero-order valence-electron chi connectivity index (χ0n) is 12.7. The number of piperidine rings is 1. The van der Waals surface area contributed by atoms with Crippen molar-refractivity contribution in [3.63, 3.8) is 0 Å². The third kappa shape index (κ3) is 4.57. The van der Waals surface area contributed by atoms with Crippen molar-refractivity contribution in [2.24, 2.45) is 11.7 Å². The number of nitrogens with zero attached hydrogens (tertiary/aromatic N) is 1. The number of hydrogen-bond donors (Lipinski definition) is 2. The molecule has 1 aromatic rings. The number of likely N-dealkylation sites (tertiary alicyclic amines) is 1. The molecule has 3 N–H and O–H groups in total. The van der Waals surface area contributed by atoms with Crippen molar-refractivity contribution >= 4 is 17.2 Å². The van der Waals surface area contributed by atoms with E-state index in [1.165, 1.54) is 24.2 Å². The first-order chi connectivity index (χ1) is 10.1. The van der Waals surface area contributed by atoms with Gasteiger partial charge in [-0.2, -0.15) is 0 Å². The van der Waals surface area contributed by atoms with Gasteiger partial charge in [0.25, 0.3) is 5.91 Å². The Morgan fingerprint density at radius 1 is 1.62 bits per heavy atom. The maximum absolute atomic E-state index is 12.2. The number of thiophene rings is 1. The number of amides is 1. The third-order valence-corrected chi connectivity index (χ3v) is 4.87. The lowest BCUT2D eigenvalue weighted by molar-refractivity contribution is 0.0941. The highest BCUT2D eigenvalue weighted by Gasteiger charge is 2.18. The van der Waals surface area contributed by atoms with E-state index in [0.717, 1.165) is 35.0 Å². The van der Waals surface area contributed by atoms with E-state index in [2.05, 4.69) is 29.1 Å². The summed E-state index contributed by atoms with van der Waals surface area (Å²) in [6, 6.07) is 1.91. The Morgan fingerprint density at radius 3 is 3.14 bits per heavy atom. The van der Waals surface area contributed by atoms with E-state index in [0.29, 0.717) is 12.5 Å². The van der Waals surface area contributed by atoms with Crippen LogP contribution in [-0.4, -0.2) is 44.0 Å². The van der Waals surface area contributed by atoms with Gasteiger partial charge in [-0.05, 0) is 50.9 Å². The summed E-state index contributed by atoms with van der Waals surface area (Å²) in [7, 11) is 2.14. The molecule has 1 aliphatic rings. The van der Waals surface area contributed by atoms with Gasteiger partial charge in [-0.15, -0.1) is 11.3 Å². The second-order valence-electron chi connectivity index (χ2n) is 5.61. The summed E-state index contributed by atoms with van der Waals surface area (Å²) in [6.07, 6.45) is 2.41. The van der Waals surface area contributed by atoms with E-state index in [1.807, 2.05) is 13.0 Å². The molecule has 0 spiro atoms. The molecule has 0 aliphatic carbocycles.